The van der Waals surface area contributed by atoms with Gasteiger partial charge >= 0.3 is 29.6 Å². The summed E-state index contributed by atoms with van der Waals surface area (Å²) in [6.07, 6.45) is 9.67. The van der Waals surface area contributed by atoms with Crippen LogP contribution in [-0.2, 0) is 10.1 Å². The van der Waals surface area contributed by atoms with E-state index in [2.05, 4.69) is 0 Å². The normalized spacial score (nSPS) is 11.2. The Morgan fingerprint density at radius 2 is 1.06 bits per heavy atom. The zero-order chi connectivity index (χ0) is 13.0. The van der Waals surface area contributed by atoms with E-state index in [1.807, 2.05) is 0 Å². The number of halogens is 1. The van der Waals surface area contributed by atoms with Crippen molar-refractivity contribution in [2.45, 2.75) is 64.2 Å². The van der Waals surface area contributed by atoms with Gasteiger partial charge in [-0.05, 0) is 12.8 Å². The Bertz CT molecular complexity index is 258. The number of unbranched alkanes of at least 4 members (excludes halogenated alkanes) is 9. The Labute approximate surface area is 133 Å². The van der Waals surface area contributed by atoms with E-state index >= 15 is 0 Å². The second-order valence-corrected chi connectivity index (χ2v) is 6.01. The second kappa shape index (κ2) is 14.3. The van der Waals surface area contributed by atoms with Crippen molar-refractivity contribution in [2.24, 2.45) is 0 Å². The molecule has 0 rings (SSSR count). The number of alkyl halides is 1. The molecule has 0 fully saturated rings. The smallest absolute Gasteiger partial charge is 0.748 e. The maximum absolute atomic E-state index is 11.8. The zero-order valence-electron chi connectivity index (χ0n) is 11.5. The second-order valence-electron chi connectivity index (χ2n) is 4.49. The molecule has 0 aromatic carbocycles. The number of hydrogen-bond acceptors (Lipinski definition) is 3. The van der Waals surface area contributed by atoms with Crippen molar-refractivity contribution in [3.8, 4) is 0 Å². The van der Waals surface area contributed by atoms with Gasteiger partial charge in [0.25, 0.3) is 0 Å². The third kappa shape index (κ3) is 19.2. The quantitative estimate of drug-likeness (QED) is 0.297. The average Bonchev–Trinajstić information content (AvgIpc) is 2.24. The molecular formula is C12H24FNaO3S. The minimum Gasteiger partial charge on any atom is -0.748 e. The molecule has 0 bridgehead atoms. The molecule has 0 aromatic heterocycles. The summed E-state index contributed by atoms with van der Waals surface area (Å²) < 4.78 is 42.7. The maximum Gasteiger partial charge on any atom is 1.00 e. The molecule has 0 heterocycles. The van der Waals surface area contributed by atoms with Crippen molar-refractivity contribution >= 4 is 10.1 Å². The van der Waals surface area contributed by atoms with Crippen molar-refractivity contribution in [3.63, 3.8) is 0 Å². The minimum atomic E-state index is -4.01. The minimum absolute atomic E-state index is 0. The zero-order valence-corrected chi connectivity index (χ0v) is 14.3. The van der Waals surface area contributed by atoms with E-state index in [1.165, 1.54) is 6.42 Å². The van der Waals surface area contributed by atoms with Gasteiger partial charge in [-0.25, -0.2) is 8.42 Å². The first-order valence-corrected chi connectivity index (χ1v) is 8.13. The van der Waals surface area contributed by atoms with Crippen molar-refractivity contribution in [1.82, 2.24) is 0 Å². The van der Waals surface area contributed by atoms with Crippen LogP contribution in [0.1, 0.15) is 64.2 Å². The Morgan fingerprint density at radius 3 is 1.39 bits per heavy atom. The predicted molar refractivity (Wildman–Crippen MR) is 66.7 cm³/mol. The molecule has 0 spiro atoms. The Balaban J connectivity index is 0. The van der Waals surface area contributed by atoms with Gasteiger partial charge in [-0.15, -0.1) is 0 Å². The van der Waals surface area contributed by atoms with Crippen LogP contribution in [0.2, 0.25) is 0 Å². The predicted octanol–water partition coefficient (Wildman–Crippen LogP) is 0.406. The van der Waals surface area contributed by atoms with Gasteiger partial charge in [-0.3, -0.25) is 4.39 Å². The van der Waals surface area contributed by atoms with Crippen LogP contribution in [0.3, 0.4) is 0 Å². The molecule has 104 valence electrons. The molecule has 0 amide bonds. The molecule has 0 unspecified atom stereocenters. The Kier molecular flexibility index (Phi) is 16.7. The molecular weight excluding hydrogens is 266 g/mol. The fourth-order valence-corrected chi connectivity index (χ4v) is 2.35. The molecule has 0 saturated carbocycles. The van der Waals surface area contributed by atoms with Crippen molar-refractivity contribution < 1.29 is 46.9 Å². The van der Waals surface area contributed by atoms with E-state index in [4.69, 9.17) is 0 Å². The molecule has 0 N–H and O–H groups in total. The number of hydrogen-bond donors (Lipinski definition) is 0. The fraction of sp³-hybridized carbons (Fsp3) is 1.00. The van der Waals surface area contributed by atoms with Gasteiger partial charge in [0.1, 0.15) is 0 Å². The summed E-state index contributed by atoms with van der Waals surface area (Å²) in [7, 11) is -4.01. The first-order chi connectivity index (χ1) is 8.06. The molecule has 6 heteroatoms. The van der Waals surface area contributed by atoms with Crippen LogP contribution < -0.4 is 29.6 Å². The monoisotopic (exact) mass is 290 g/mol. The van der Waals surface area contributed by atoms with Crippen LogP contribution in [0.25, 0.3) is 0 Å². The molecule has 0 aliphatic rings. The third-order valence-electron chi connectivity index (χ3n) is 2.78. The van der Waals surface area contributed by atoms with Crippen LogP contribution in [-0.4, -0.2) is 25.4 Å². The summed E-state index contributed by atoms with van der Waals surface area (Å²) in [5, 5.41) is 0. The summed E-state index contributed by atoms with van der Waals surface area (Å²) in [5.41, 5.74) is 0. The Hall–Kier alpha value is 0.840. The molecule has 0 atom stereocenters. The average molecular weight is 290 g/mol. The Morgan fingerprint density at radius 1 is 0.722 bits per heavy atom. The van der Waals surface area contributed by atoms with Gasteiger partial charge in [0.15, 0.2) is 0 Å². The fourth-order valence-electron chi connectivity index (χ4n) is 1.79. The van der Waals surface area contributed by atoms with Crippen molar-refractivity contribution in [1.29, 1.82) is 0 Å². The van der Waals surface area contributed by atoms with Crippen LogP contribution in [0, 0.1) is 0 Å². The van der Waals surface area contributed by atoms with Gasteiger partial charge in [-0.1, -0.05) is 51.4 Å². The summed E-state index contributed by atoms with van der Waals surface area (Å²) in [6, 6.07) is 0. The van der Waals surface area contributed by atoms with E-state index in [9.17, 15) is 17.4 Å². The third-order valence-corrected chi connectivity index (χ3v) is 3.57. The van der Waals surface area contributed by atoms with Crippen LogP contribution in [0.4, 0.5) is 4.39 Å². The topological polar surface area (TPSA) is 57.2 Å². The molecule has 0 aliphatic carbocycles. The van der Waals surface area contributed by atoms with Gasteiger partial charge in [0.2, 0.25) is 0 Å². The summed E-state index contributed by atoms with van der Waals surface area (Å²) >= 11 is 0. The first kappa shape index (κ1) is 21.1. The van der Waals surface area contributed by atoms with E-state index < -0.39 is 10.1 Å². The molecule has 0 radical (unpaired) electrons. The molecule has 0 saturated heterocycles. The van der Waals surface area contributed by atoms with Gasteiger partial charge in [-0.2, -0.15) is 0 Å². The molecule has 0 aliphatic heterocycles. The summed E-state index contributed by atoms with van der Waals surface area (Å²) in [6.45, 7) is -0.206. The van der Waals surface area contributed by atoms with E-state index in [1.54, 1.807) is 0 Å². The van der Waals surface area contributed by atoms with Crippen LogP contribution in [0.5, 0.6) is 0 Å². The van der Waals surface area contributed by atoms with Gasteiger partial charge in [0, 0.05) is 5.75 Å². The van der Waals surface area contributed by atoms with Gasteiger partial charge < -0.3 is 4.55 Å². The van der Waals surface area contributed by atoms with Crippen LogP contribution >= 0.6 is 0 Å². The largest absolute Gasteiger partial charge is 1.00 e. The summed E-state index contributed by atoms with van der Waals surface area (Å²) in [5.74, 6) is -0.226. The standard InChI is InChI=1S/C12H25FO3S.Na/c13-11-9-7-5-3-1-2-4-6-8-10-12-17(14,15)16;/h1-12H2,(H,14,15,16);/q;+1/p-1. The van der Waals surface area contributed by atoms with E-state index in [0.29, 0.717) is 12.8 Å². The molecule has 0 aromatic rings. The molecule has 3 nitrogen and oxygen atoms in total. The van der Waals surface area contributed by atoms with Gasteiger partial charge in [0.05, 0.1) is 16.8 Å². The SMILES string of the molecule is O=S(=O)([O-])CCCCCCCCCCCCF.[Na+]. The maximum atomic E-state index is 11.8. The molecule has 18 heavy (non-hydrogen) atoms. The van der Waals surface area contributed by atoms with Crippen LogP contribution in [0.15, 0.2) is 0 Å². The first-order valence-electron chi connectivity index (χ1n) is 6.56. The summed E-state index contributed by atoms with van der Waals surface area (Å²) in [4.78, 5) is 0. The van der Waals surface area contributed by atoms with E-state index in [-0.39, 0.29) is 42.0 Å². The van der Waals surface area contributed by atoms with Crippen molar-refractivity contribution in [3.05, 3.63) is 0 Å². The van der Waals surface area contributed by atoms with E-state index in [0.717, 1.165) is 44.9 Å². The number of rotatable bonds is 12. The van der Waals surface area contributed by atoms with Crippen molar-refractivity contribution in [2.75, 3.05) is 12.4 Å².